The van der Waals surface area contributed by atoms with Crippen LogP contribution < -0.4 is 0 Å². The van der Waals surface area contributed by atoms with Gasteiger partial charge in [0.1, 0.15) is 0 Å². The van der Waals surface area contributed by atoms with E-state index >= 15 is 0 Å². The van der Waals surface area contributed by atoms with Crippen molar-refractivity contribution in [3.63, 3.8) is 0 Å². The van der Waals surface area contributed by atoms with Gasteiger partial charge in [0.2, 0.25) is 0 Å². The molecule has 0 fully saturated rings. The second-order valence-electron chi connectivity index (χ2n) is 3.74. The van der Waals surface area contributed by atoms with Crippen molar-refractivity contribution < 1.29 is 27.0 Å². The van der Waals surface area contributed by atoms with Crippen LogP contribution in [0.3, 0.4) is 0 Å². The largest absolute Gasteiger partial charge is 0.999 e. The Morgan fingerprint density at radius 1 is 1.05 bits per heavy atom. The number of carboxylic acids is 1. The van der Waals surface area contributed by atoms with E-state index < -0.39 is 5.97 Å². The van der Waals surface area contributed by atoms with Gasteiger partial charge in [-0.3, -0.25) is 0 Å². The van der Waals surface area contributed by atoms with Crippen LogP contribution in [0.2, 0.25) is 0 Å². The maximum Gasteiger partial charge on any atom is 0.334 e. The Morgan fingerprint density at radius 2 is 1.60 bits per heavy atom. The number of aromatic carboxylic acids is 1. The monoisotopic (exact) mass is 302 g/mol. The Hall–Kier alpha value is -2.09. The number of carbonyl (C=O) groups is 1. The Morgan fingerprint density at radius 3 is 2.00 bits per heavy atom. The van der Waals surface area contributed by atoms with Crippen LogP contribution in [0.25, 0.3) is 11.1 Å². The molecule has 0 aliphatic heterocycles. The van der Waals surface area contributed by atoms with Crippen LogP contribution in [0.5, 0.6) is 0 Å². The molecule has 0 aliphatic rings. The van der Waals surface area contributed by atoms with Gasteiger partial charge in [0.25, 0.3) is 0 Å². The van der Waals surface area contributed by atoms with Crippen LogP contribution in [0.1, 0.15) is 10.4 Å². The second-order valence-corrected chi connectivity index (χ2v) is 3.74. The van der Waals surface area contributed by atoms with Gasteiger partial charge in [-0.2, -0.15) is 12.1 Å². The molecule has 1 N–H and O–H groups in total. The van der Waals surface area contributed by atoms with Crippen LogP contribution >= 0.6 is 0 Å². The fourth-order valence-corrected chi connectivity index (χ4v) is 1.55. The third kappa shape index (κ3) is 4.54. The molecule has 3 aromatic rings. The Labute approximate surface area is 128 Å². The first-order chi connectivity index (χ1) is 9.27. The normalized spacial score (nSPS) is 9.00. The zero-order chi connectivity index (χ0) is 13.5. The molecule has 20 heavy (non-hydrogen) atoms. The molecule has 0 saturated carbocycles. The molecule has 3 aromatic carbocycles. The molecule has 0 unspecified atom stereocenters. The number of hydrogen-bond acceptors (Lipinski definition) is 1. The Kier molecular flexibility index (Phi) is 6.51. The van der Waals surface area contributed by atoms with Crippen LogP contribution in [-0.2, 0) is 17.1 Å². The molecule has 0 radical (unpaired) electrons. The Balaban J connectivity index is 0.000000283. The van der Waals surface area contributed by atoms with Gasteiger partial charge in [0, 0.05) is 22.6 Å². The van der Waals surface area contributed by atoms with Gasteiger partial charge >= 0.3 is 5.97 Å². The van der Waals surface area contributed by atoms with Gasteiger partial charge in [0.15, 0.2) is 0 Å². The molecule has 2 nitrogen and oxygen atoms in total. The van der Waals surface area contributed by atoms with Crippen molar-refractivity contribution in [3.05, 3.63) is 84.4 Å². The standard InChI is InChI=1S/C12H9O2.C5H.Fe/c13-12(14)11-7-5-10(6-8-11)9-3-1-2-4-9;1-2-4-5-3-1;/h1-8H,(H,13,14);1H;/q-1;-5;. The van der Waals surface area contributed by atoms with Crippen molar-refractivity contribution in [2.24, 2.45) is 0 Å². The third-order valence-corrected chi connectivity index (χ3v) is 2.48. The molecule has 104 valence electrons. The van der Waals surface area contributed by atoms with Gasteiger partial charge in [-0.25, -0.2) is 4.79 Å². The van der Waals surface area contributed by atoms with E-state index in [2.05, 4.69) is 24.3 Å². The summed E-state index contributed by atoms with van der Waals surface area (Å²) in [5.74, 6) is -0.890. The molecular formula is C17H10FeO2-6. The summed E-state index contributed by atoms with van der Waals surface area (Å²) >= 11 is 0. The SMILES string of the molecule is O=C(O)c1ccc(-[c-]2cccc2)cc1.[Fe].[c-]1[c-][c-][cH-][c-]1. The first-order valence-corrected chi connectivity index (χ1v) is 5.65. The summed E-state index contributed by atoms with van der Waals surface area (Å²) in [4.78, 5) is 10.6. The number of rotatable bonds is 2. The molecule has 0 spiro atoms. The molecule has 3 heteroatoms. The summed E-state index contributed by atoms with van der Waals surface area (Å²) in [6.07, 6.45) is 0. The van der Waals surface area contributed by atoms with Crippen LogP contribution in [-0.4, -0.2) is 11.1 Å². The van der Waals surface area contributed by atoms with Gasteiger partial charge in [-0.1, -0.05) is 17.7 Å². The predicted molar refractivity (Wildman–Crippen MR) is 71.8 cm³/mol. The fourth-order valence-electron chi connectivity index (χ4n) is 1.55. The number of hydrogen-bond donors (Lipinski definition) is 1. The molecule has 0 bridgehead atoms. The minimum Gasteiger partial charge on any atom is -0.999 e. The smallest absolute Gasteiger partial charge is 0.334 e. The molecule has 0 aromatic heterocycles. The molecular weight excluding hydrogens is 292 g/mol. The molecule has 0 heterocycles. The predicted octanol–water partition coefficient (Wildman–Crippen LogP) is 3.37. The van der Waals surface area contributed by atoms with Crippen molar-refractivity contribution in [2.45, 2.75) is 0 Å². The first-order valence-electron chi connectivity index (χ1n) is 5.65. The molecule has 0 saturated heterocycles. The van der Waals surface area contributed by atoms with Crippen LogP contribution in [0.4, 0.5) is 0 Å². The maximum absolute atomic E-state index is 10.6. The average Bonchev–Trinajstić information content (AvgIpc) is 3.15. The summed E-state index contributed by atoms with van der Waals surface area (Å²) in [5, 5.41) is 8.71. The van der Waals surface area contributed by atoms with E-state index in [1.807, 2.05) is 36.4 Å². The summed E-state index contributed by atoms with van der Waals surface area (Å²) in [5.41, 5.74) is 2.47. The number of carboxylic acid groups (broad SMARTS) is 1. The van der Waals surface area contributed by atoms with Crippen molar-refractivity contribution in [3.8, 4) is 11.1 Å². The summed E-state index contributed by atoms with van der Waals surface area (Å²) < 4.78 is 0. The van der Waals surface area contributed by atoms with Gasteiger partial charge in [-0.05, 0) is 0 Å². The molecule has 0 aliphatic carbocycles. The topological polar surface area (TPSA) is 37.3 Å². The van der Waals surface area contributed by atoms with Crippen molar-refractivity contribution in [1.29, 1.82) is 0 Å². The minimum absolute atomic E-state index is 0. The van der Waals surface area contributed by atoms with Gasteiger partial charge in [-0.15, -0.1) is 29.8 Å². The molecule has 3 rings (SSSR count). The first kappa shape index (κ1) is 16.0. The van der Waals surface area contributed by atoms with E-state index in [1.165, 1.54) is 0 Å². The van der Waals surface area contributed by atoms with E-state index in [-0.39, 0.29) is 17.1 Å². The Bertz CT molecular complexity index is 576. The van der Waals surface area contributed by atoms with E-state index in [0.717, 1.165) is 11.1 Å². The van der Waals surface area contributed by atoms with Crippen molar-refractivity contribution in [2.75, 3.05) is 0 Å². The number of benzene rings is 1. The van der Waals surface area contributed by atoms with Crippen molar-refractivity contribution in [1.82, 2.24) is 0 Å². The van der Waals surface area contributed by atoms with E-state index in [1.54, 1.807) is 18.2 Å². The summed E-state index contributed by atoms with van der Waals surface area (Å²) in [6.45, 7) is 0. The third-order valence-electron chi connectivity index (χ3n) is 2.48. The summed E-state index contributed by atoms with van der Waals surface area (Å²) in [7, 11) is 0. The van der Waals surface area contributed by atoms with Crippen LogP contribution in [0.15, 0.2) is 54.6 Å². The van der Waals surface area contributed by atoms with E-state index in [4.69, 9.17) is 5.11 Å². The van der Waals surface area contributed by atoms with Crippen LogP contribution in [0, 0.1) is 24.3 Å². The quantitative estimate of drug-likeness (QED) is 0.582. The van der Waals surface area contributed by atoms with Gasteiger partial charge in [0.05, 0.1) is 0 Å². The van der Waals surface area contributed by atoms with E-state index in [9.17, 15) is 4.79 Å². The average molecular weight is 302 g/mol. The zero-order valence-corrected chi connectivity index (χ0v) is 11.5. The van der Waals surface area contributed by atoms with Gasteiger partial charge < -0.3 is 35.4 Å². The minimum atomic E-state index is -0.890. The second kappa shape index (κ2) is 8.15. The van der Waals surface area contributed by atoms with Crippen molar-refractivity contribution >= 4 is 5.97 Å². The maximum atomic E-state index is 10.6. The zero-order valence-electron chi connectivity index (χ0n) is 10.4. The fraction of sp³-hybridized carbons (Fsp3) is 0. The molecule has 0 atom stereocenters. The van der Waals surface area contributed by atoms with E-state index in [0.29, 0.717) is 5.56 Å². The summed E-state index contributed by atoms with van der Waals surface area (Å²) in [6, 6.07) is 26.8. The molecule has 0 amide bonds.